The van der Waals surface area contributed by atoms with E-state index in [9.17, 15) is 4.79 Å². The molecule has 0 aromatic carbocycles. The van der Waals surface area contributed by atoms with E-state index in [0.717, 1.165) is 65.3 Å². The van der Waals surface area contributed by atoms with Crippen LogP contribution in [0.15, 0.2) is 0 Å². The molecule has 2 atom stereocenters. The lowest BCUT2D eigenvalue weighted by atomic mass is 9.83. The molecule has 6 nitrogen and oxygen atoms in total. The number of nitrogens with zero attached hydrogens (tertiary/aromatic N) is 1. The highest BCUT2D eigenvalue weighted by molar-refractivity contribution is 5.74. The van der Waals surface area contributed by atoms with Crippen molar-refractivity contribution >= 4 is 6.03 Å². The summed E-state index contributed by atoms with van der Waals surface area (Å²) in [6, 6.07) is 0.166. The number of morpholine rings is 1. The molecule has 2 saturated heterocycles. The zero-order chi connectivity index (χ0) is 16.7. The van der Waals surface area contributed by atoms with E-state index in [4.69, 9.17) is 9.47 Å². The topological polar surface area (TPSA) is 62.8 Å². The summed E-state index contributed by atoms with van der Waals surface area (Å²) in [7, 11) is 0. The zero-order valence-corrected chi connectivity index (χ0v) is 14.9. The number of urea groups is 1. The van der Waals surface area contributed by atoms with E-state index in [-0.39, 0.29) is 23.6 Å². The Labute approximate surface area is 140 Å². The van der Waals surface area contributed by atoms with Crippen LogP contribution in [0.4, 0.5) is 4.79 Å². The van der Waals surface area contributed by atoms with Gasteiger partial charge in [0.05, 0.1) is 19.3 Å². The van der Waals surface area contributed by atoms with Gasteiger partial charge in [0.25, 0.3) is 0 Å². The largest absolute Gasteiger partial charge is 0.379 e. The van der Waals surface area contributed by atoms with Crippen LogP contribution in [0.1, 0.15) is 40.0 Å². The van der Waals surface area contributed by atoms with Crippen LogP contribution >= 0.6 is 0 Å². The Balaban J connectivity index is 1.58. The van der Waals surface area contributed by atoms with Gasteiger partial charge in [0.2, 0.25) is 0 Å². The average Bonchev–Trinajstić information content (AvgIpc) is 2.52. The first-order chi connectivity index (χ1) is 10.9. The van der Waals surface area contributed by atoms with Crippen molar-refractivity contribution in [2.75, 3.05) is 46.0 Å². The molecule has 2 amide bonds. The van der Waals surface area contributed by atoms with Crippen LogP contribution < -0.4 is 10.6 Å². The molecule has 2 N–H and O–H groups in total. The second-order valence-corrected chi connectivity index (χ2v) is 7.65. The zero-order valence-electron chi connectivity index (χ0n) is 14.9. The predicted octanol–water partition coefficient (Wildman–Crippen LogP) is 1.60. The number of hydrogen-bond donors (Lipinski definition) is 2. The maximum absolute atomic E-state index is 12.0. The average molecular weight is 327 g/mol. The van der Waals surface area contributed by atoms with Crippen LogP contribution in [-0.2, 0) is 9.47 Å². The fourth-order valence-electron chi connectivity index (χ4n) is 3.10. The number of ether oxygens (including phenoxy) is 2. The first kappa shape index (κ1) is 18.5. The van der Waals surface area contributed by atoms with Crippen molar-refractivity contribution in [1.82, 2.24) is 15.5 Å². The van der Waals surface area contributed by atoms with E-state index in [1.54, 1.807) is 0 Å². The molecule has 0 bridgehead atoms. The number of hydrogen-bond acceptors (Lipinski definition) is 4. The summed E-state index contributed by atoms with van der Waals surface area (Å²) < 4.78 is 11.2. The van der Waals surface area contributed by atoms with Gasteiger partial charge in [-0.25, -0.2) is 4.79 Å². The van der Waals surface area contributed by atoms with Crippen LogP contribution in [0.25, 0.3) is 0 Å². The maximum atomic E-state index is 12.0. The van der Waals surface area contributed by atoms with E-state index in [0.29, 0.717) is 0 Å². The van der Waals surface area contributed by atoms with E-state index in [2.05, 4.69) is 36.3 Å². The fourth-order valence-corrected chi connectivity index (χ4v) is 3.10. The van der Waals surface area contributed by atoms with Gasteiger partial charge in [-0.05, 0) is 31.2 Å². The van der Waals surface area contributed by atoms with Gasteiger partial charge in [-0.3, -0.25) is 4.90 Å². The highest BCUT2D eigenvalue weighted by Gasteiger charge is 2.32. The molecular weight excluding hydrogens is 294 g/mol. The first-order valence-corrected chi connectivity index (χ1v) is 8.91. The molecule has 2 fully saturated rings. The Morgan fingerprint density at radius 1 is 1.22 bits per heavy atom. The number of amides is 2. The molecular formula is C17H33N3O3. The quantitative estimate of drug-likeness (QED) is 0.753. The van der Waals surface area contributed by atoms with Crippen LogP contribution in [0.5, 0.6) is 0 Å². The third kappa shape index (κ3) is 6.65. The number of rotatable bonds is 5. The Morgan fingerprint density at radius 3 is 2.65 bits per heavy atom. The molecule has 0 aromatic heterocycles. The van der Waals surface area contributed by atoms with Gasteiger partial charge in [0, 0.05) is 32.3 Å². The summed E-state index contributed by atoms with van der Waals surface area (Å²) in [5.74, 6) is 0. The molecule has 0 aromatic rings. The molecule has 2 rings (SSSR count). The van der Waals surface area contributed by atoms with Crippen molar-refractivity contribution in [3.05, 3.63) is 0 Å². The van der Waals surface area contributed by atoms with Gasteiger partial charge in [-0.15, -0.1) is 0 Å². The second-order valence-electron chi connectivity index (χ2n) is 7.65. The third-order valence-corrected chi connectivity index (χ3v) is 4.63. The Kier molecular flexibility index (Phi) is 7.11. The molecule has 6 heteroatoms. The van der Waals surface area contributed by atoms with Gasteiger partial charge in [0.15, 0.2) is 0 Å². The SMILES string of the molecule is CC(C)(C)[C@H]1C[C@@H](NC(=O)NCCCN2CCOCC2)CCO1. The lowest BCUT2D eigenvalue weighted by molar-refractivity contribution is -0.0565. The molecule has 2 aliphatic heterocycles. The minimum atomic E-state index is -0.0495. The van der Waals surface area contributed by atoms with Crippen LogP contribution in [0, 0.1) is 5.41 Å². The first-order valence-electron chi connectivity index (χ1n) is 8.91. The molecule has 0 aliphatic carbocycles. The molecule has 0 radical (unpaired) electrons. The Bertz CT molecular complexity index is 365. The monoisotopic (exact) mass is 327 g/mol. The number of nitrogens with one attached hydrogen (secondary N) is 2. The minimum absolute atomic E-state index is 0.0495. The van der Waals surface area contributed by atoms with Crippen LogP contribution in [0.3, 0.4) is 0 Å². The second kappa shape index (κ2) is 8.85. The minimum Gasteiger partial charge on any atom is -0.379 e. The van der Waals surface area contributed by atoms with Crippen molar-refractivity contribution in [3.8, 4) is 0 Å². The molecule has 0 saturated carbocycles. The molecule has 2 heterocycles. The van der Waals surface area contributed by atoms with Gasteiger partial charge in [-0.1, -0.05) is 20.8 Å². The lowest BCUT2D eigenvalue weighted by Gasteiger charge is -2.37. The van der Waals surface area contributed by atoms with Crippen LogP contribution in [0.2, 0.25) is 0 Å². The smallest absolute Gasteiger partial charge is 0.315 e. The summed E-state index contributed by atoms with van der Waals surface area (Å²) >= 11 is 0. The van der Waals surface area contributed by atoms with Crippen LogP contribution in [-0.4, -0.2) is 69.1 Å². The maximum Gasteiger partial charge on any atom is 0.315 e. The number of carbonyl (C=O) groups is 1. The van der Waals surface area contributed by atoms with Crippen molar-refractivity contribution in [2.45, 2.75) is 52.2 Å². The molecule has 0 spiro atoms. The highest BCUT2D eigenvalue weighted by Crippen LogP contribution is 2.29. The van der Waals surface area contributed by atoms with Crippen molar-refractivity contribution in [3.63, 3.8) is 0 Å². The Morgan fingerprint density at radius 2 is 1.96 bits per heavy atom. The van der Waals surface area contributed by atoms with Crippen molar-refractivity contribution in [2.24, 2.45) is 5.41 Å². The van der Waals surface area contributed by atoms with Crippen molar-refractivity contribution < 1.29 is 14.3 Å². The van der Waals surface area contributed by atoms with Gasteiger partial charge in [0.1, 0.15) is 0 Å². The summed E-state index contributed by atoms with van der Waals surface area (Å²) in [4.78, 5) is 14.4. The molecule has 0 unspecified atom stereocenters. The van der Waals surface area contributed by atoms with Crippen molar-refractivity contribution in [1.29, 1.82) is 0 Å². The number of carbonyl (C=O) groups excluding carboxylic acids is 1. The highest BCUT2D eigenvalue weighted by atomic mass is 16.5. The van der Waals surface area contributed by atoms with Gasteiger partial charge >= 0.3 is 6.03 Å². The molecule has 2 aliphatic rings. The lowest BCUT2D eigenvalue weighted by Crippen LogP contribution is -2.49. The van der Waals surface area contributed by atoms with Gasteiger partial charge in [-0.2, -0.15) is 0 Å². The third-order valence-electron chi connectivity index (χ3n) is 4.63. The molecule has 23 heavy (non-hydrogen) atoms. The summed E-state index contributed by atoms with van der Waals surface area (Å²) in [5, 5.41) is 6.07. The van der Waals surface area contributed by atoms with E-state index in [1.165, 1.54) is 0 Å². The van der Waals surface area contributed by atoms with E-state index >= 15 is 0 Å². The Hall–Kier alpha value is -0.850. The fraction of sp³-hybridized carbons (Fsp3) is 0.941. The predicted molar refractivity (Wildman–Crippen MR) is 90.6 cm³/mol. The standard InChI is InChI=1S/C17H33N3O3/c1-17(2,3)15-13-14(5-10-23-15)19-16(21)18-6-4-7-20-8-11-22-12-9-20/h14-15H,4-13H2,1-3H3,(H2,18,19,21)/t14-,15+/m0/s1. The molecule has 134 valence electrons. The van der Waals surface area contributed by atoms with E-state index in [1.807, 2.05) is 0 Å². The van der Waals surface area contributed by atoms with E-state index < -0.39 is 0 Å². The normalized spacial score (nSPS) is 26.7. The summed E-state index contributed by atoms with van der Waals surface area (Å²) in [6.07, 6.45) is 2.98. The van der Waals surface area contributed by atoms with Gasteiger partial charge < -0.3 is 20.1 Å². The summed E-state index contributed by atoms with van der Waals surface area (Å²) in [6.45, 7) is 12.7. The summed E-state index contributed by atoms with van der Waals surface area (Å²) in [5.41, 5.74) is 0.120.